The standard InChI is InChI=1S/C16H13ClFNO/c1-19-9-11(16-12(17)5-4-7-14(16)19)10-20-15-8-3-2-6-13(15)18/h2-9H,10H2,1H3. The summed E-state index contributed by atoms with van der Waals surface area (Å²) in [5.41, 5.74) is 1.97. The Morgan fingerprint density at radius 1 is 1.15 bits per heavy atom. The van der Waals surface area contributed by atoms with E-state index in [1.807, 2.05) is 36.0 Å². The molecule has 3 aromatic rings. The van der Waals surface area contributed by atoms with Gasteiger partial charge in [0.1, 0.15) is 6.61 Å². The molecule has 102 valence electrons. The van der Waals surface area contributed by atoms with E-state index in [4.69, 9.17) is 16.3 Å². The molecule has 0 atom stereocenters. The van der Waals surface area contributed by atoms with Crippen LogP contribution < -0.4 is 4.74 Å². The second-order valence-electron chi connectivity index (χ2n) is 4.62. The van der Waals surface area contributed by atoms with Gasteiger partial charge in [-0.05, 0) is 24.3 Å². The first-order chi connectivity index (χ1) is 9.66. The van der Waals surface area contributed by atoms with Gasteiger partial charge < -0.3 is 9.30 Å². The average molecular weight is 290 g/mol. The van der Waals surface area contributed by atoms with E-state index in [9.17, 15) is 4.39 Å². The molecule has 0 aliphatic heterocycles. The van der Waals surface area contributed by atoms with Crippen LogP contribution in [0.5, 0.6) is 5.75 Å². The lowest BCUT2D eigenvalue weighted by Crippen LogP contribution is -1.96. The molecule has 0 amide bonds. The van der Waals surface area contributed by atoms with Gasteiger partial charge in [0, 0.05) is 29.7 Å². The summed E-state index contributed by atoms with van der Waals surface area (Å²) >= 11 is 6.25. The van der Waals surface area contributed by atoms with Crippen molar-refractivity contribution in [1.82, 2.24) is 4.57 Å². The van der Waals surface area contributed by atoms with E-state index in [0.717, 1.165) is 16.5 Å². The number of hydrogen-bond donors (Lipinski definition) is 0. The van der Waals surface area contributed by atoms with Gasteiger partial charge in [-0.3, -0.25) is 0 Å². The predicted molar refractivity (Wildman–Crippen MR) is 78.7 cm³/mol. The molecule has 0 aliphatic carbocycles. The van der Waals surface area contributed by atoms with Crippen molar-refractivity contribution in [2.75, 3.05) is 0 Å². The zero-order valence-electron chi connectivity index (χ0n) is 10.9. The van der Waals surface area contributed by atoms with E-state index >= 15 is 0 Å². The zero-order chi connectivity index (χ0) is 14.1. The van der Waals surface area contributed by atoms with Crippen LogP contribution in [0.1, 0.15) is 5.56 Å². The summed E-state index contributed by atoms with van der Waals surface area (Å²) in [7, 11) is 1.95. The Hall–Kier alpha value is -2.00. The van der Waals surface area contributed by atoms with Gasteiger partial charge in [0.15, 0.2) is 11.6 Å². The molecule has 0 N–H and O–H groups in total. The van der Waals surface area contributed by atoms with E-state index in [1.165, 1.54) is 6.07 Å². The molecule has 0 aliphatic rings. The monoisotopic (exact) mass is 289 g/mol. The quantitative estimate of drug-likeness (QED) is 0.690. The van der Waals surface area contributed by atoms with E-state index in [0.29, 0.717) is 5.02 Å². The van der Waals surface area contributed by atoms with Gasteiger partial charge in [-0.15, -0.1) is 0 Å². The van der Waals surface area contributed by atoms with Crippen molar-refractivity contribution >= 4 is 22.5 Å². The smallest absolute Gasteiger partial charge is 0.165 e. The first kappa shape index (κ1) is 13.0. The van der Waals surface area contributed by atoms with Crippen molar-refractivity contribution in [2.24, 2.45) is 7.05 Å². The summed E-state index contributed by atoms with van der Waals surface area (Å²) in [6.07, 6.45) is 1.96. The summed E-state index contributed by atoms with van der Waals surface area (Å²) in [5, 5.41) is 1.63. The third kappa shape index (κ3) is 2.25. The van der Waals surface area contributed by atoms with Gasteiger partial charge in [-0.25, -0.2) is 4.39 Å². The van der Waals surface area contributed by atoms with Crippen molar-refractivity contribution < 1.29 is 9.13 Å². The number of aromatic nitrogens is 1. The SMILES string of the molecule is Cn1cc(COc2ccccc2F)c2c(Cl)cccc21. The first-order valence-electron chi connectivity index (χ1n) is 6.26. The van der Waals surface area contributed by atoms with Crippen LogP contribution in [-0.4, -0.2) is 4.57 Å². The molecule has 0 radical (unpaired) electrons. The largest absolute Gasteiger partial charge is 0.486 e. The van der Waals surface area contributed by atoms with Gasteiger partial charge in [-0.2, -0.15) is 0 Å². The summed E-state index contributed by atoms with van der Waals surface area (Å²) < 4.78 is 21.1. The Morgan fingerprint density at radius 2 is 1.95 bits per heavy atom. The molecule has 2 nitrogen and oxygen atoms in total. The molecule has 3 rings (SSSR count). The molecule has 1 aromatic heterocycles. The van der Waals surface area contributed by atoms with Crippen LogP contribution >= 0.6 is 11.6 Å². The number of rotatable bonds is 3. The minimum atomic E-state index is -0.362. The fourth-order valence-corrected chi connectivity index (χ4v) is 2.61. The van der Waals surface area contributed by atoms with Gasteiger partial charge in [0.2, 0.25) is 0 Å². The van der Waals surface area contributed by atoms with Gasteiger partial charge in [0.05, 0.1) is 5.02 Å². The van der Waals surface area contributed by atoms with Crippen molar-refractivity contribution in [3.8, 4) is 5.75 Å². The topological polar surface area (TPSA) is 14.2 Å². The van der Waals surface area contributed by atoms with Gasteiger partial charge in [-0.1, -0.05) is 29.8 Å². The summed E-state index contributed by atoms with van der Waals surface area (Å²) in [5.74, 6) is -0.115. The highest BCUT2D eigenvalue weighted by molar-refractivity contribution is 6.35. The van der Waals surface area contributed by atoms with Crippen molar-refractivity contribution in [3.05, 3.63) is 65.1 Å². The van der Waals surface area contributed by atoms with Gasteiger partial charge in [0.25, 0.3) is 0 Å². The maximum absolute atomic E-state index is 13.5. The Bertz CT molecular complexity index is 766. The first-order valence-corrected chi connectivity index (χ1v) is 6.64. The van der Waals surface area contributed by atoms with Crippen LogP contribution in [0.25, 0.3) is 10.9 Å². The number of ether oxygens (including phenoxy) is 1. The highest BCUT2D eigenvalue weighted by atomic mass is 35.5. The number of benzene rings is 2. The van der Waals surface area contributed by atoms with E-state index in [-0.39, 0.29) is 18.2 Å². The molecule has 0 fully saturated rings. The van der Waals surface area contributed by atoms with Gasteiger partial charge >= 0.3 is 0 Å². The average Bonchev–Trinajstić information content (AvgIpc) is 2.76. The normalized spacial score (nSPS) is 10.9. The minimum absolute atomic E-state index is 0.247. The molecule has 0 saturated carbocycles. The van der Waals surface area contributed by atoms with Crippen molar-refractivity contribution in [2.45, 2.75) is 6.61 Å². The molecule has 0 unspecified atom stereocenters. The lowest BCUT2D eigenvalue weighted by atomic mass is 10.2. The summed E-state index contributed by atoms with van der Waals surface area (Å²) in [4.78, 5) is 0. The van der Waals surface area contributed by atoms with Crippen LogP contribution in [0.2, 0.25) is 5.02 Å². The molecule has 20 heavy (non-hydrogen) atoms. The van der Waals surface area contributed by atoms with Crippen LogP contribution in [0.3, 0.4) is 0 Å². The van der Waals surface area contributed by atoms with Crippen LogP contribution in [0.4, 0.5) is 4.39 Å². The number of para-hydroxylation sites is 1. The molecule has 0 spiro atoms. The third-order valence-corrected chi connectivity index (χ3v) is 3.58. The summed E-state index contributed by atoms with van der Waals surface area (Å²) in [6, 6.07) is 12.1. The maximum Gasteiger partial charge on any atom is 0.165 e. The van der Waals surface area contributed by atoms with E-state index in [2.05, 4.69) is 0 Å². The zero-order valence-corrected chi connectivity index (χ0v) is 11.7. The minimum Gasteiger partial charge on any atom is -0.486 e. The fourth-order valence-electron chi connectivity index (χ4n) is 2.32. The number of fused-ring (bicyclic) bond motifs is 1. The second-order valence-corrected chi connectivity index (χ2v) is 5.03. The van der Waals surface area contributed by atoms with Crippen LogP contribution in [0, 0.1) is 5.82 Å². The Morgan fingerprint density at radius 3 is 2.75 bits per heavy atom. The highest BCUT2D eigenvalue weighted by Crippen LogP contribution is 2.29. The molecular formula is C16H13ClFNO. The number of aryl methyl sites for hydroxylation is 1. The Balaban J connectivity index is 1.94. The van der Waals surface area contributed by atoms with Crippen LogP contribution in [-0.2, 0) is 13.7 Å². The Kier molecular flexibility index (Phi) is 3.36. The molecule has 0 saturated heterocycles. The van der Waals surface area contributed by atoms with E-state index < -0.39 is 0 Å². The molecular weight excluding hydrogens is 277 g/mol. The fraction of sp³-hybridized carbons (Fsp3) is 0.125. The molecule has 0 bridgehead atoms. The Labute approximate surface area is 121 Å². The number of hydrogen-bond acceptors (Lipinski definition) is 1. The van der Waals surface area contributed by atoms with Crippen LogP contribution in [0.15, 0.2) is 48.7 Å². The molecule has 4 heteroatoms. The lowest BCUT2D eigenvalue weighted by molar-refractivity contribution is 0.291. The number of halogens is 2. The second kappa shape index (κ2) is 5.17. The van der Waals surface area contributed by atoms with Crippen molar-refractivity contribution in [3.63, 3.8) is 0 Å². The predicted octanol–water partition coefficient (Wildman–Crippen LogP) is 4.55. The van der Waals surface area contributed by atoms with E-state index in [1.54, 1.807) is 18.2 Å². The molecule has 2 aromatic carbocycles. The highest BCUT2D eigenvalue weighted by Gasteiger charge is 2.11. The summed E-state index contributed by atoms with van der Waals surface area (Å²) in [6.45, 7) is 0.280. The lowest BCUT2D eigenvalue weighted by Gasteiger charge is -2.06. The number of nitrogens with zero attached hydrogens (tertiary/aromatic N) is 1. The molecule has 1 heterocycles. The third-order valence-electron chi connectivity index (χ3n) is 3.26. The maximum atomic E-state index is 13.5. The van der Waals surface area contributed by atoms with Crippen molar-refractivity contribution in [1.29, 1.82) is 0 Å².